The van der Waals surface area contributed by atoms with Crippen LogP contribution in [-0.2, 0) is 18.4 Å². The first-order valence-corrected chi connectivity index (χ1v) is 17.7. The van der Waals surface area contributed by atoms with Crippen LogP contribution in [0.3, 0.4) is 0 Å². The molecule has 4 heteroatoms. The molecule has 6 aromatic carbocycles. The molecule has 0 aliphatic carbocycles. The second kappa shape index (κ2) is 13.0. The fourth-order valence-electron chi connectivity index (χ4n) is 5.55. The molecular weight excluding hydrogens is 569 g/mol. The summed E-state index contributed by atoms with van der Waals surface area (Å²) in [5.41, 5.74) is 6.53. The van der Waals surface area contributed by atoms with Crippen LogP contribution in [0.5, 0.6) is 0 Å². The van der Waals surface area contributed by atoms with Crippen LogP contribution >= 0.6 is 21.6 Å². The van der Waals surface area contributed by atoms with E-state index in [1.165, 1.54) is 21.6 Å². The van der Waals surface area contributed by atoms with Gasteiger partial charge in [0, 0.05) is 0 Å². The fourth-order valence-corrected chi connectivity index (χ4v) is 12.6. The third-order valence-corrected chi connectivity index (χ3v) is 13.2. The Morgan fingerprint density at radius 1 is 0.310 bits per heavy atom. The Morgan fingerprint density at radius 3 is 0.643 bits per heavy atom. The van der Waals surface area contributed by atoms with Crippen molar-refractivity contribution in [3.05, 3.63) is 215 Å². The molecule has 0 saturated heterocycles. The topological polar surface area (TPSA) is 17.1 Å². The summed E-state index contributed by atoms with van der Waals surface area (Å²) in [6, 6.07) is 62.7. The van der Waals surface area contributed by atoms with Crippen molar-refractivity contribution >= 4 is 30.5 Å². The van der Waals surface area contributed by atoms with Crippen molar-refractivity contribution < 1.29 is 4.21 Å². The molecule has 0 bridgehead atoms. The van der Waals surface area contributed by atoms with Crippen molar-refractivity contribution in [1.29, 1.82) is 0 Å². The minimum Gasteiger partial charge on any atom is -0.236 e. The molecule has 42 heavy (non-hydrogen) atoms. The van der Waals surface area contributed by atoms with Crippen LogP contribution in [0.15, 0.2) is 182 Å². The molecule has 6 aromatic rings. The van der Waals surface area contributed by atoms with Gasteiger partial charge in [-0.1, -0.05) is 182 Å². The second-order valence-electron chi connectivity index (χ2n) is 9.93. The molecule has 0 radical (unpaired) electrons. The molecule has 0 unspecified atom stereocenters. The molecule has 206 valence electrons. The Hall–Kier alpha value is -3.83. The Bertz CT molecular complexity index is 1390. The Morgan fingerprint density at radius 2 is 0.476 bits per heavy atom. The molecule has 0 aromatic heterocycles. The maximum atomic E-state index is 15.0. The summed E-state index contributed by atoms with van der Waals surface area (Å²) in [5, 5.41) is 0. The predicted octanol–water partition coefficient (Wildman–Crippen LogP) is 10.0. The van der Waals surface area contributed by atoms with E-state index in [0.717, 1.165) is 33.4 Å². The Labute approximate surface area is 258 Å². The van der Waals surface area contributed by atoms with Gasteiger partial charge in [-0.15, -0.1) is 0 Å². The van der Waals surface area contributed by atoms with Crippen LogP contribution in [0.25, 0.3) is 0 Å². The first kappa shape index (κ1) is 28.3. The molecule has 0 aliphatic rings. The highest BCUT2D eigenvalue weighted by atomic mass is 33.5. The van der Waals surface area contributed by atoms with Gasteiger partial charge in [0.25, 0.3) is 0 Å². The van der Waals surface area contributed by atoms with Crippen LogP contribution in [0.2, 0.25) is 0 Å². The average molecular weight is 599 g/mol. The standard InChI is InChI=1S/C38H30OS3/c39-42(40-37(31-19-7-1-8-20-31,32-21-9-2-10-22-32)33-23-11-3-12-24-33)41-38(34-25-13-4-14-26-34,35-27-15-5-16-28-35)36-29-17-6-18-30-36/h1-30H. The van der Waals surface area contributed by atoms with E-state index < -0.39 is 18.4 Å². The number of hydrogen-bond acceptors (Lipinski definition) is 3. The van der Waals surface area contributed by atoms with E-state index in [0.29, 0.717) is 0 Å². The molecule has 0 heterocycles. The van der Waals surface area contributed by atoms with Crippen molar-refractivity contribution in [3.63, 3.8) is 0 Å². The smallest absolute Gasteiger partial charge is 0.144 e. The molecular formula is C38H30OS3. The van der Waals surface area contributed by atoms with Gasteiger partial charge in [0.2, 0.25) is 0 Å². The minimum absolute atomic E-state index is 0.697. The maximum Gasteiger partial charge on any atom is 0.144 e. The molecule has 0 amide bonds. The molecule has 0 N–H and O–H groups in total. The highest BCUT2D eigenvalue weighted by Crippen LogP contribution is 2.57. The van der Waals surface area contributed by atoms with Crippen LogP contribution in [0.4, 0.5) is 0 Å². The summed E-state index contributed by atoms with van der Waals surface area (Å²) in [4.78, 5) is 0. The van der Waals surface area contributed by atoms with Gasteiger partial charge in [-0.3, -0.25) is 0 Å². The van der Waals surface area contributed by atoms with E-state index in [1.54, 1.807) is 0 Å². The van der Waals surface area contributed by atoms with Gasteiger partial charge < -0.3 is 0 Å². The lowest BCUT2D eigenvalue weighted by atomic mass is 9.84. The van der Waals surface area contributed by atoms with Gasteiger partial charge in [0.05, 0.1) is 0 Å². The molecule has 6 rings (SSSR count). The van der Waals surface area contributed by atoms with E-state index in [-0.39, 0.29) is 0 Å². The largest absolute Gasteiger partial charge is 0.236 e. The van der Waals surface area contributed by atoms with Gasteiger partial charge in [-0.2, -0.15) is 0 Å². The molecule has 0 spiro atoms. The Kier molecular flexibility index (Phi) is 8.76. The summed E-state index contributed by atoms with van der Waals surface area (Å²) in [6.45, 7) is 0. The van der Waals surface area contributed by atoms with Gasteiger partial charge in [0.15, 0.2) is 0 Å². The van der Waals surface area contributed by atoms with Crippen molar-refractivity contribution in [2.75, 3.05) is 0 Å². The third-order valence-electron chi connectivity index (χ3n) is 7.47. The monoisotopic (exact) mass is 598 g/mol. The van der Waals surface area contributed by atoms with E-state index in [1.807, 2.05) is 36.4 Å². The molecule has 0 atom stereocenters. The lowest BCUT2D eigenvalue weighted by Crippen LogP contribution is -2.29. The van der Waals surface area contributed by atoms with E-state index in [2.05, 4.69) is 146 Å². The van der Waals surface area contributed by atoms with Crippen LogP contribution < -0.4 is 0 Å². The van der Waals surface area contributed by atoms with Gasteiger partial charge >= 0.3 is 0 Å². The lowest BCUT2D eigenvalue weighted by molar-refractivity contribution is 0.698. The van der Waals surface area contributed by atoms with Crippen LogP contribution in [0, 0.1) is 0 Å². The zero-order valence-corrected chi connectivity index (χ0v) is 25.4. The summed E-state index contributed by atoms with van der Waals surface area (Å²) in [5.74, 6) is 0. The first-order valence-electron chi connectivity index (χ1n) is 13.9. The van der Waals surface area contributed by atoms with Crippen LogP contribution in [-0.4, -0.2) is 4.21 Å². The van der Waals surface area contributed by atoms with Gasteiger partial charge in [0.1, 0.15) is 18.4 Å². The lowest BCUT2D eigenvalue weighted by Gasteiger charge is -2.37. The molecule has 0 aliphatic heterocycles. The highest BCUT2D eigenvalue weighted by Gasteiger charge is 2.44. The normalized spacial score (nSPS) is 11.8. The van der Waals surface area contributed by atoms with E-state index in [9.17, 15) is 4.21 Å². The minimum atomic E-state index is -1.43. The van der Waals surface area contributed by atoms with Crippen LogP contribution in [0.1, 0.15) is 33.4 Å². The predicted molar refractivity (Wildman–Crippen MR) is 182 cm³/mol. The molecule has 0 saturated carbocycles. The summed E-state index contributed by atoms with van der Waals surface area (Å²) < 4.78 is 13.6. The quantitative estimate of drug-likeness (QED) is 0.115. The molecule has 1 nitrogen and oxygen atoms in total. The van der Waals surface area contributed by atoms with E-state index in [4.69, 9.17) is 0 Å². The van der Waals surface area contributed by atoms with Gasteiger partial charge in [-0.25, -0.2) is 4.21 Å². The maximum absolute atomic E-state index is 15.0. The first-order chi connectivity index (χ1) is 20.7. The summed E-state index contributed by atoms with van der Waals surface area (Å²) >= 11 is 0. The zero-order valence-electron chi connectivity index (χ0n) is 23.0. The van der Waals surface area contributed by atoms with Crippen molar-refractivity contribution in [2.24, 2.45) is 0 Å². The molecule has 0 fully saturated rings. The van der Waals surface area contributed by atoms with Gasteiger partial charge in [-0.05, 0) is 55.0 Å². The number of rotatable bonds is 10. The second-order valence-corrected chi connectivity index (χ2v) is 15.3. The van der Waals surface area contributed by atoms with Crippen molar-refractivity contribution in [1.82, 2.24) is 0 Å². The van der Waals surface area contributed by atoms with E-state index >= 15 is 0 Å². The number of benzene rings is 6. The third kappa shape index (κ3) is 5.50. The SMILES string of the molecule is O=S(SC(c1ccccc1)(c1ccccc1)c1ccccc1)SC(c1ccccc1)(c1ccccc1)c1ccccc1. The highest BCUT2D eigenvalue weighted by molar-refractivity contribution is 9.02. The number of hydrogen-bond donors (Lipinski definition) is 0. The summed E-state index contributed by atoms with van der Waals surface area (Å²) in [7, 11) is 1.57. The zero-order chi connectivity index (χ0) is 28.7. The fraction of sp³-hybridized carbons (Fsp3) is 0.0526. The average Bonchev–Trinajstić information content (AvgIpc) is 3.08. The summed E-state index contributed by atoms with van der Waals surface area (Å²) in [6.07, 6.45) is 0. The van der Waals surface area contributed by atoms with Crippen molar-refractivity contribution in [3.8, 4) is 0 Å². The Balaban J connectivity index is 1.55. The van der Waals surface area contributed by atoms with Crippen molar-refractivity contribution in [2.45, 2.75) is 9.49 Å².